The number of nitro groups is 1. The van der Waals surface area contributed by atoms with Gasteiger partial charge in [-0.1, -0.05) is 0 Å². The van der Waals surface area contributed by atoms with Crippen molar-refractivity contribution in [3.8, 4) is 0 Å². The van der Waals surface area contributed by atoms with E-state index in [0.717, 1.165) is 12.8 Å². The lowest BCUT2D eigenvalue weighted by molar-refractivity contribution is -0.385. The first-order valence-electron chi connectivity index (χ1n) is 6.59. The standard InChI is InChI=1S/C13H16BrN3O4/c1-8-9(17(20)21)7-15-11(10(8)14)16-6-4-3-5-13(16,2)12(18)19/h7H,3-6H2,1-2H3,(H,18,19). The molecule has 1 atom stereocenters. The minimum absolute atomic E-state index is 0.0836. The molecule has 2 heterocycles. The average Bonchev–Trinajstić information content (AvgIpc) is 2.42. The molecule has 1 N–H and O–H groups in total. The predicted molar refractivity (Wildman–Crippen MR) is 80.6 cm³/mol. The van der Waals surface area contributed by atoms with Crippen molar-refractivity contribution in [1.29, 1.82) is 0 Å². The average molecular weight is 358 g/mol. The molecule has 1 aromatic heterocycles. The summed E-state index contributed by atoms with van der Waals surface area (Å²) in [5.41, 5.74) is -0.681. The molecule has 0 bridgehead atoms. The van der Waals surface area contributed by atoms with E-state index >= 15 is 0 Å². The SMILES string of the molecule is Cc1c([N+](=O)[O-])cnc(N2CCCCC2(C)C(=O)O)c1Br. The number of hydrogen-bond acceptors (Lipinski definition) is 5. The third-order valence-electron chi connectivity index (χ3n) is 4.02. The first-order chi connectivity index (χ1) is 9.79. The van der Waals surface area contributed by atoms with Crippen molar-refractivity contribution >= 4 is 33.4 Å². The Hall–Kier alpha value is -1.70. The maximum atomic E-state index is 11.6. The second-order valence-corrected chi connectivity index (χ2v) is 6.14. The summed E-state index contributed by atoms with van der Waals surface area (Å²) in [5.74, 6) is -0.463. The maximum absolute atomic E-state index is 11.6. The summed E-state index contributed by atoms with van der Waals surface area (Å²) in [4.78, 5) is 27.9. The number of aromatic nitrogens is 1. The Morgan fingerprint density at radius 1 is 1.57 bits per heavy atom. The van der Waals surface area contributed by atoms with Gasteiger partial charge in [0.05, 0.1) is 9.40 Å². The van der Waals surface area contributed by atoms with Crippen LogP contribution in [0.2, 0.25) is 0 Å². The van der Waals surface area contributed by atoms with E-state index < -0.39 is 16.4 Å². The van der Waals surface area contributed by atoms with E-state index in [1.54, 1.807) is 18.7 Å². The fourth-order valence-electron chi connectivity index (χ4n) is 2.61. The van der Waals surface area contributed by atoms with Crippen LogP contribution in [-0.4, -0.2) is 33.1 Å². The van der Waals surface area contributed by atoms with Crippen molar-refractivity contribution < 1.29 is 14.8 Å². The molecular weight excluding hydrogens is 342 g/mol. The van der Waals surface area contributed by atoms with Gasteiger partial charge < -0.3 is 10.0 Å². The third kappa shape index (κ3) is 2.59. The number of aliphatic carboxylic acids is 1. The molecule has 0 saturated carbocycles. The highest BCUT2D eigenvalue weighted by Gasteiger charge is 2.43. The Bertz CT molecular complexity index is 607. The molecule has 1 fully saturated rings. The Balaban J connectivity index is 2.52. The van der Waals surface area contributed by atoms with Crippen LogP contribution in [0.15, 0.2) is 10.7 Å². The number of pyridine rings is 1. The minimum Gasteiger partial charge on any atom is -0.480 e. The number of nitrogens with zero attached hydrogens (tertiary/aromatic N) is 3. The lowest BCUT2D eigenvalue weighted by Gasteiger charge is -2.42. The smallest absolute Gasteiger partial charge is 0.329 e. The quantitative estimate of drug-likeness (QED) is 0.659. The van der Waals surface area contributed by atoms with Crippen LogP contribution in [0, 0.1) is 17.0 Å². The molecule has 0 amide bonds. The molecule has 0 aromatic carbocycles. The van der Waals surface area contributed by atoms with Gasteiger partial charge in [-0.05, 0) is 49.0 Å². The maximum Gasteiger partial charge on any atom is 0.329 e. The number of carbonyl (C=O) groups is 1. The zero-order valence-electron chi connectivity index (χ0n) is 11.8. The van der Waals surface area contributed by atoms with Gasteiger partial charge in [-0.25, -0.2) is 9.78 Å². The van der Waals surface area contributed by atoms with Crippen LogP contribution in [0.25, 0.3) is 0 Å². The molecule has 1 aromatic rings. The van der Waals surface area contributed by atoms with E-state index in [1.807, 2.05) is 0 Å². The molecule has 114 valence electrons. The van der Waals surface area contributed by atoms with Gasteiger partial charge in [-0.3, -0.25) is 10.1 Å². The van der Waals surface area contributed by atoms with Crippen molar-refractivity contribution in [2.45, 2.75) is 38.6 Å². The van der Waals surface area contributed by atoms with Crippen LogP contribution in [0.5, 0.6) is 0 Å². The molecular formula is C13H16BrN3O4. The lowest BCUT2D eigenvalue weighted by atomic mass is 9.88. The van der Waals surface area contributed by atoms with Crippen molar-refractivity contribution in [3.63, 3.8) is 0 Å². The summed E-state index contributed by atoms with van der Waals surface area (Å²) in [6.07, 6.45) is 3.41. The zero-order chi connectivity index (χ0) is 15.8. The van der Waals surface area contributed by atoms with Gasteiger partial charge in [0.1, 0.15) is 17.6 Å². The zero-order valence-corrected chi connectivity index (χ0v) is 13.4. The van der Waals surface area contributed by atoms with Crippen LogP contribution in [0.1, 0.15) is 31.7 Å². The minimum atomic E-state index is -1.05. The molecule has 21 heavy (non-hydrogen) atoms. The second-order valence-electron chi connectivity index (χ2n) is 5.35. The van der Waals surface area contributed by atoms with E-state index in [-0.39, 0.29) is 5.69 Å². The number of rotatable bonds is 3. The number of carboxylic acids is 1. The van der Waals surface area contributed by atoms with Crippen molar-refractivity contribution in [2.24, 2.45) is 0 Å². The summed E-state index contributed by atoms with van der Waals surface area (Å²) >= 11 is 3.33. The molecule has 7 nitrogen and oxygen atoms in total. The summed E-state index contributed by atoms with van der Waals surface area (Å²) in [6, 6.07) is 0. The first kappa shape index (κ1) is 15.7. The Morgan fingerprint density at radius 2 is 2.24 bits per heavy atom. The fourth-order valence-corrected chi connectivity index (χ4v) is 3.13. The number of halogens is 1. The summed E-state index contributed by atoms with van der Waals surface area (Å²) in [6.45, 7) is 3.85. The number of carboxylic acid groups (broad SMARTS) is 1. The largest absolute Gasteiger partial charge is 0.480 e. The lowest BCUT2D eigenvalue weighted by Crippen LogP contribution is -2.55. The fraction of sp³-hybridized carbons (Fsp3) is 0.538. The van der Waals surface area contributed by atoms with Gasteiger partial charge in [0.15, 0.2) is 0 Å². The molecule has 1 unspecified atom stereocenters. The molecule has 0 aliphatic carbocycles. The van der Waals surface area contributed by atoms with Crippen LogP contribution in [-0.2, 0) is 4.79 Å². The Morgan fingerprint density at radius 3 is 2.81 bits per heavy atom. The highest BCUT2D eigenvalue weighted by molar-refractivity contribution is 9.10. The summed E-state index contributed by atoms with van der Waals surface area (Å²) in [7, 11) is 0. The molecule has 1 aliphatic rings. The number of anilines is 1. The van der Waals surface area contributed by atoms with Crippen molar-refractivity contribution in [3.05, 3.63) is 26.3 Å². The molecule has 2 rings (SSSR count). The predicted octanol–water partition coefficient (Wildman–Crippen LogP) is 2.89. The number of hydrogen-bond donors (Lipinski definition) is 1. The van der Waals surface area contributed by atoms with Crippen LogP contribution in [0.3, 0.4) is 0 Å². The van der Waals surface area contributed by atoms with Crippen molar-refractivity contribution in [2.75, 3.05) is 11.4 Å². The second kappa shape index (κ2) is 5.59. The van der Waals surface area contributed by atoms with Gasteiger partial charge >= 0.3 is 5.97 Å². The third-order valence-corrected chi connectivity index (χ3v) is 4.97. The van der Waals surface area contributed by atoms with Gasteiger partial charge in [-0.2, -0.15) is 0 Å². The molecule has 0 spiro atoms. The highest BCUT2D eigenvalue weighted by atomic mass is 79.9. The van der Waals surface area contributed by atoms with E-state index in [9.17, 15) is 20.0 Å². The first-order valence-corrected chi connectivity index (χ1v) is 7.39. The number of piperidine rings is 1. The highest BCUT2D eigenvalue weighted by Crippen LogP contribution is 2.39. The molecule has 8 heteroatoms. The monoisotopic (exact) mass is 357 g/mol. The van der Waals surface area contributed by atoms with Crippen LogP contribution < -0.4 is 4.90 Å². The van der Waals surface area contributed by atoms with Crippen LogP contribution >= 0.6 is 15.9 Å². The van der Waals surface area contributed by atoms with Gasteiger partial charge in [0, 0.05) is 12.1 Å². The van der Waals surface area contributed by atoms with Crippen molar-refractivity contribution in [1.82, 2.24) is 4.98 Å². The summed E-state index contributed by atoms with van der Waals surface area (Å²) in [5, 5.41) is 20.5. The van der Waals surface area contributed by atoms with Gasteiger partial charge in [0.25, 0.3) is 5.69 Å². The molecule has 0 radical (unpaired) electrons. The topological polar surface area (TPSA) is 96.6 Å². The Labute approximate surface area is 130 Å². The summed E-state index contributed by atoms with van der Waals surface area (Å²) < 4.78 is 0.478. The van der Waals surface area contributed by atoms with E-state index in [2.05, 4.69) is 20.9 Å². The van der Waals surface area contributed by atoms with E-state index in [4.69, 9.17) is 0 Å². The molecule has 1 saturated heterocycles. The van der Waals surface area contributed by atoms with Gasteiger partial charge in [-0.15, -0.1) is 0 Å². The van der Waals surface area contributed by atoms with E-state index in [1.165, 1.54) is 6.20 Å². The van der Waals surface area contributed by atoms with Crippen LogP contribution in [0.4, 0.5) is 11.5 Å². The molecule has 1 aliphatic heterocycles. The normalized spacial score (nSPS) is 22.1. The van der Waals surface area contributed by atoms with Gasteiger partial charge in [0.2, 0.25) is 0 Å². The van der Waals surface area contributed by atoms with E-state index in [0.29, 0.717) is 28.8 Å². The Kier molecular flexibility index (Phi) is 4.18.